The number of nitrogens with one attached hydrogen (secondary N) is 1. The Labute approximate surface area is 111 Å². The van der Waals surface area contributed by atoms with Crippen LogP contribution in [0.4, 0.5) is 5.00 Å². The SMILES string of the molecule is O=C(N/N=C\c1ccc([N+](=O)[O-])s1)c1ccccn1. The number of hydrazone groups is 1. The van der Waals surface area contributed by atoms with Gasteiger partial charge in [0.25, 0.3) is 5.91 Å². The van der Waals surface area contributed by atoms with Crippen LogP contribution in [0.3, 0.4) is 0 Å². The number of carbonyl (C=O) groups is 1. The molecule has 19 heavy (non-hydrogen) atoms. The molecule has 0 spiro atoms. The molecule has 0 bridgehead atoms. The van der Waals surface area contributed by atoms with Crippen molar-refractivity contribution in [2.75, 3.05) is 0 Å². The van der Waals surface area contributed by atoms with E-state index in [0.29, 0.717) is 4.88 Å². The van der Waals surface area contributed by atoms with Gasteiger partial charge in [0, 0.05) is 12.3 Å². The van der Waals surface area contributed by atoms with E-state index >= 15 is 0 Å². The van der Waals surface area contributed by atoms with E-state index in [1.807, 2.05) is 0 Å². The lowest BCUT2D eigenvalue weighted by Crippen LogP contribution is -2.18. The van der Waals surface area contributed by atoms with Gasteiger partial charge in [0.1, 0.15) is 5.69 Å². The number of thiophene rings is 1. The molecule has 0 aliphatic rings. The van der Waals surface area contributed by atoms with E-state index in [4.69, 9.17) is 0 Å². The molecule has 2 aromatic heterocycles. The predicted molar refractivity (Wildman–Crippen MR) is 70.3 cm³/mol. The van der Waals surface area contributed by atoms with Crippen molar-refractivity contribution < 1.29 is 9.72 Å². The van der Waals surface area contributed by atoms with Crippen molar-refractivity contribution in [2.45, 2.75) is 0 Å². The van der Waals surface area contributed by atoms with Crippen molar-refractivity contribution in [3.8, 4) is 0 Å². The molecule has 0 aliphatic carbocycles. The summed E-state index contributed by atoms with van der Waals surface area (Å²) in [5, 5.41) is 14.2. The summed E-state index contributed by atoms with van der Waals surface area (Å²) < 4.78 is 0. The first-order valence-electron chi connectivity index (χ1n) is 5.15. The zero-order valence-electron chi connectivity index (χ0n) is 9.52. The van der Waals surface area contributed by atoms with Gasteiger partial charge in [-0.05, 0) is 18.2 Å². The molecule has 0 atom stereocenters. The highest BCUT2D eigenvalue weighted by atomic mass is 32.1. The largest absolute Gasteiger partial charge is 0.324 e. The minimum atomic E-state index is -0.478. The summed E-state index contributed by atoms with van der Waals surface area (Å²) in [6.07, 6.45) is 2.85. The van der Waals surface area contributed by atoms with Crippen molar-refractivity contribution in [1.29, 1.82) is 0 Å². The monoisotopic (exact) mass is 276 g/mol. The van der Waals surface area contributed by atoms with E-state index in [1.54, 1.807) is 24.3 Å². The molecule has 0 saturated carbocycles. The van der Waals surface area contributed by atoms with Crippen LogP contribution >= 0.6 is 11.3 Å². The number of nitro groups is 1. The third kappa shape index (κ3) is 3.42. The summed E-state index contributed by atoms with van der Waals surface area (Å²) in [7, 11) is 0. The van der Waals surface area contributed by atoms with E-state index in [9.17, 15) is 14.9 Å². The van der Waals surface area contributed by atoms with Gasteiger partial charge in [0.15, 0.2) is 0 Å². The van der Waals surface area contributed by atoms with Crippen molar-refractivity contribution in [3.63, 3.8) is 0 Å². The fourth-order valence-corrected chi connectivity index (χ4v) is 1.91. The van der Waals surface area contributed by atoms with Gasteiger partial charge in [-0.1, -0.05) is 17.4 Å². The van der Waals surface area contributed by atoms with Gasteiger partial charge < -0.3 is 0 Å². The third-order valence-electron chi connectivity index (χ3n) is 2.05. The number of nitrogens with zero attached hydrogens (tertiary/aromatic N) is 3. The van der Waals surface area contributed by atoms with Crippen LogP contribution in [0.2, 0.25) is 0 Å². The Morgan fingerprint density at radius 1 is 1.42 bits per heavy atom. The lowest BCUT2D eigenvalue weighted by Gasteiger charge is -1.96. The zero-order chi connectivity index (χ0) is 13.7. The maximum absolute atomic E-state index is 11.6. The Bertz CT molecular complexity index is 624. The Morgan fingerprint density at radius 2 is 2.26 bits per heavy atom. The lowest BCUT2D eigenvalue weighted by molar-refractivity contribution is -0.380. The van der Waals surface area contributed by atoms with Crippen LogP contribution in [0.25, 0.3) is 0 Å². The van der Waals surface area contributed by atoms with Crippen LogP contribution in [0, 0.1) is 10.1 Å². The fraction of sp³-hybridized carbons (Fsp3) is 0. The summed E-state index contributed by atoms with van der Waals surface area (Å²) in [4.78, 5) is 26.0. The molecule has 0 saturated heterocycles. The molecule has 96 valence electrons. The normalized spacial score (nSPS) is 10.5. The molecule has 8 heteroatoms. The number of amides is 1. The Kier molecular flexibility index (Phi) is 3.94. The quantitative estimate of drug-likeness (QED) is 0.523. The average Bonchev–Trinajstić information content (AvgIpc) is 2.89. The maximum atomic E-state index is 11.6. The molecule has 7 nitrogen and oxygen atoms in total. The first-order chi connectivity index (χ1) is 9.16. The van der Waals surface area contributed by atoms with Gasteiger partial charge >= 0.3 is 5.00 Å². The summed E-state index contributed by atoms with van der Waals surface area (Å²) in [6.45, 7) is 0. The van der Waals surface area contributed by atoms with E-state index in [0.717, 1.165) is 11.3 Å². The van der Waals surface area contributed by atoms with Crippen molar-refractivity contribution >= 4 is 28.5 Å². The lowest BCUT2D eigenvalue weighted by atomic mass is 10.3. The second kappa shape index (κ2) is 5.83. The van der Waals surface area contributed by atoms with Gasteiger partial charge in [-0.15, -0.1) is 0 Å². The fourth-order valence-electron chi connectivity index (χ4n) is 1.22. The highest BCUT2D eigenvalue weighted by molar-refractivity contribution is 7.16. The molecule has 0 aromatic carbocycles. The second-order valence-corrected chi connectivity index (χ2v) is 4.44. The van der Waals surface area contributed by atoms with E-state index < -0.39 is 10.8 Å². The summed E-state index contributed by atoms with van der Waals surface area (Å²) in [6, 6.07) is 7.88. The molecule has 1 amide bonds. The number of hydrogen-bond acceptors (Lipinski definition) is 6. The van der Waals surface area contributed by atoms with Crippen LogP contribution in [0.5, 0.6) is 0 Å². The molecule has 2 heterocycles. The van der Waals surface area contributed by atoms with Gasteiger partial charge in [-0.25, -0.2) is 5.43 Å². The number of rotatable bonds is 4. The van der Waals surface area contributed by atoms with Crippen LogP contribution in [-0.4, -0.2) is 22.0 Å². The second-order valence-electron chi connectivity index (χ2n) is 3.35. The molecule has 1 N–H and O–H groups in total. The molecule has 0 fully saturated rings. The Balaban J connectivity index is 1.96. The molecular weight excluding hydrogens is 268 g/mol. The zero-order valence-corrected chi connectivity index (χ0v) is 10.3. The molecule has 2 aromatic rings. The minimum Gasteiger partial charge on any atom is -0.266 e. The standard InChI is InChI=1S/C11H8N4O3S/c16-11(9-3-1-2-6-12-9)14-13-7-8-4-5-10(19-8)15(17)18/h1-7H,(H,14,16)/b13-7-. The summed E-state index contributed by atoms with van der Waals surface area (Å²) in [5.74, 6) is -0.442. The van der Waals surface area contributed by atoms with Gasteiger partial charge in [0.2, 0.25) is 0 Å². The molecule has 0 unspecified atom stereocenters. The number of pyridine rings is 1. The van der Waals surface area contributed by atoms with Crippen LogP contribution < -0.4 is 5.43 Å². The van der Waals surface area contributed by atoms with E-state index in [2.05, 4.69) is 15.5 Å². The van der Waals surface area contributed by atoms with Crippen molar-refractivity contribution in [3.05, 3.63) is 57.2 Å². The summed E-state index contributed by atoms with van der Waals surface area (Å²) in [5.41, 5.74) is 2.54. The third-order valence-corrected chi connectivity index (χ3v) is 3.02. The highest BCUT2D eigenvalue weighted by Gasteiger charge is 2.08. The predicted octanol–water partition coefficient (Wildman–Crippen LogP) is 1.82. The molecule has 0 radical (unpaired) electrons. The first-order valence-corrected chi connectivity index (χ1v) is 5.97. The number of hydrogen-bond donors (Lipinski definition) is 1. The minimum absolute atomic E-state index is 0.0255. The van der Waals surface area contributed by atoms with Crippen molar-refractivity contribution in [1.82, 2.24) is 10.4 Å². The first kappa shape index (κ1) is 12.8. The Morgan fingerprint density at radius 3 is 2.89 bits per heavy atom. The topological polar surface area (TPSA) is 97.5 Å². The van der Waals surface area contributed by atoms with Crippen molar-refractivity contribution in [2.24, 2.45) is 5.10 Å². The molecular formula is C11H8N4O3S. The van der Waals surface area contributed by atoms with E-state index in [1.165, 1.54) is 18.5 Å². The summed E-state index contributed by atoms with van der Waals surface area (Å²) >= 11 is 0.973. The van der Waals surface area contributed by atoms with E-state index in [-0.39, 0.29) is 10.7 Å². The van der Waals surface area contributed by atoms with Crippen LogP contribution in [0.15, 0.2) is 41.6 Å². The Hall–Kier alpha value is -2.61. The molecule has 2 rings (SSSR count). The highest BCUT2D eigenvalue weighted by Crippen LogP contribution is 2.22. The van der Waals surface area contributed by atoms with Crippen LogP contribution in [-0.2, 0) is 0 Å². The van der Waals surface area contributed by atoms with Gasteiger partial charge in [-0.2, -0.15) is 5.10 Å². The number of aromatic nitrogens is 1. The van der Waals surface area contributed by atoms with Crippen LogP contribution in [0.1, 0.15) is 15.4 Å². The van der Waals surface area contributed by atoms with Gasteiger partial charge in [-0.3, -0.25) is 19.9 Å². The van der Waals surface area contributed by atoms with Gasteiger partial charge in [0.05, 0.1) is 16.0 Å². The molecule has 0 aliphatic heterocycles. The smallest absolute Gasteiger partial charge is 0.266 e. The average molecular weight is 276 g/mol. The maximum Gasteiger partial charge on any atom is 0.324 e. The number of carbonyl (C=O) groups excluding carboxylic acids is 1.